The molecule has 0 bridgehead atoms. The minimum Gasteiger partial charge on any atom is -0.326 e. The number of pyridine rings is 1. The Morgan fingerprint density at radius 1 is 1.19 bits per heavy atom. The van der Waals surface area contributed by atoms with Gasteiger partial charge in [-0.15, -0.1) is 0 Å². The van der Waals surface area contributed by atoms with E-state index in [0.717, 1.165) is 30.5 Å². The number of fused-ring (bicyclic) bond motifs is 1. The highest BCUT2D eigenvalue weighted by molar-refractivity contribution is 5.48. The minimum atomic E-state index is 0.0480. The van der Waals surface area contributed by atoms with E-state index in [-0.39, 0.29) is 5.56 Å². The van der Waals surface area contributed by atoms with Crippen LogP contribution in [-0.2, 0) is 19.4 Å². The zero-order valence-corrected chi connectivity index (χ0v) is 12.8. The van der Waals surface area contributed by atoms with Gasteiger partial charge >= 0.3 is 0 Å². The molecule has 0 amide bonds. The minimum absolute atomic E-state index is 0.0480. The van der Waals surface area contributed by atoms with E-state index in [0.29, 0.717) is 6.54 Å². The highest BCUT2D eigenvalue weighted by Gasteiger charge is 2.19. The van der Waals surface area contributed by atoms with Gasteiger partial charge in [0, 0.05) is 17.8 Å². The molecular formula is C18H22N2O. The van der Waals surface area contributed by atoms with Gasteiger partial charge in [0.05, 0.1) is 5.69 Å². The van der Waals surface area contributed by atoms with Gasteiger partial charge in [-0.1, -0.05) is 12.1 Å². The smallest absolute Gasteiger partial charge is 0.259 e. The SMILES string of the molecule is Cc1cccc(-n2c3c(cc(CN)c2=O)CCCC3)c1C. The normalized spacial score (nSPS) is 14.0. The Morgan fingerprint density at radius 2 is 1.95 bits per heavy atom. The van der Waals surface area contributed by atoms with E-state index in [1.54, 1.807) is 0 Å². The van der Waals surface area contributed by atoms with Crippen LogP contribution in [0.1, 0.15) is 40.8 Å². The summed E-state index contributed by atoms with van der Waals surface area (Å²) in [4.78, 5) is 12.8. The first-order valence-corrected chi connectivity index (χ1v) is 7.67. The molecule has 0 atom stereocenters. The summed E-state index contributed by atoms with van der Waals surface area (Å²) in [5.41, 5.74) is 12.4. The Hall–Kier alpha value is -1.87. The van der Waals surface area contributed by atoms with Crippen molar-refractivity contribution in [2.75, 3.05) is 0 Å². The van der Waals surface area contributed by atoms with E-state index >= 15 is 0 Å². The standard InChI is InChI=1S/C18H22N2O/c1-12-6-5-9-16(13(12)2)20-17-8-4-3-7-14(17)10-15(11-19)18(20)21/h5-6,9-10H,3-4,7-8,11,19H2,1-2H3. The van der Waals surface area contributed by atoms with E-state index in [9.17, 15) is 4.79 Å². The zero-order chi connectivity index (χ0) is 15.0. The van der Waals surface area contributed by atoms with Gasteiger partial charge in [0.1, 0.15) is 0 Å². The molecule has 0 saturated heterocycles. The third-order valence-corrected chi connectivity index (χ3v) is 4.61. The molecule has 3 nitrogen and oxygen atoms in total. The van der Waals surface area contributed by atoms with E-state index in [4.69, 9.17) is 5.73 Å². The lowest BCUT2D eigenvalue weighted by atomic mass is 9.93. The van der Waals surface area contributed by atoms with Crippen molar-refractivity contribution in [3.05, 3.63) is 62.6 Å². The molecule has 110 valence electrons. The van der Waals surface area contributed by atoms with E-state index in [1.165, 1.54) is 28.8 Å². The fraction of sp³-hybridized carbons (Fsp3) is 0.389. The quantitative estimate of drug-likeness (QED) is 0.920. The number of benzene rings is 1. The number of rotatable bonds is 2. The highest BCUT2D eigenvalue weighted by atomic mass is 16.1. The molecule has 0 aliphatic heterocycles. The molecule has 2 aromatic rings. The summed E-state index contributed by atoms with van der Waals surface area (Å²) in [5, 5.41) is 0. The van der Waals surface area contributed by atoms with Crippen molar-refractivity contribution in [2.24, 2.45) is 5.73 Å². The molecule has 1 aliphatic rings. The second-order valence-electron chi connectivity index (χ2n) is 5.91. The summed E-state index contributed by atoms with van der Waals surface area (Å²) in [6, 6.07) is 8.18. The maximum atomic E-state index is 12.8. The van der Waals surface area contributed by atoms with Crippen molar-refractivity contribution >= 4 is 0 Å². The largest absolute Gasteiger partial charge is 0.326 e. The topological polar surface area (TPSA) is 48.0 Å². The predicted molar refractivity (Wildman–Crippen MR) is 86.0 cm³/mol. The Balaban J connectivity index is 2.35. The van der Waals surface area contributed by atoms with Crippen molar-refractivity contribution in [1.29, 1.82) is 0 Å². The first-order chi connectivity index (χ1) is 10.1. The lowest BCUT2D eigenvalue weighted by Crippen LogP contribution is -2.30. The van der Waals surface area contributed by atoms with Gasteiger partial charge < -0.3 is 5.73 Å². The third kappa shape index (κ3) is 2.32. The lowest BCUT2D eigenvalue weighted by molar-refractivity contribution is 0.639. The van der Waals surface area contributed by atoms with Crippen molar-refractivity contribution in [3.63, 3.8) is 0 Å². The molecule has 21 heavy (non-hydrogen) atoms. The van der Waals surface area contributed by atoms with Crippen LogP contribution in [0.5, 0.6) is 0 Å². The Bertz CT molecular complexity index is 744. The van der Waals surface area contributed by atoms with Crippen molar-refractivity contribution in [2.45, 2.75) is 46.1 Å². The molecule has 1 aromatic carbocycles. The predicted octanol–water partition coefficient (Wildman–Crippen LogP) is 2.79. The fourth-order valence-electron chi connectivity index (χ4n) is 3.24. The Morgan fingerprint density at radius 3 is 2.71 bits per heavy atom. The van der Waals surface area contributed by atoms with Crippen LogP contribution in [0, 0.1) is 13.8 Å². The highest BCUT2D eigenvalue weighted by Crippen LogP contribution is 2.25. The maximum absolute atomic E-state index is 12.8. The van der Waals surface area contributed by atoms with E-state index in [1.807, 2.05) is 22.8 Å². The van der Waals surface area contributed by atoms with Gasteiger partial charge in [-0.2, -0.15) is 0 Å². The average molecular weight is 282 g/mol. The van der Waals surface area contributed by atoms with Gasteiger partial charge in [0.2, 0.25) is 0 Å². The van der Waals surface area contributed by atoms with Crippen LogP contribution in [0.15, 0.2) is 29.1 Å². The van der Waals surface area contributed by atoms with Crippen LogP contribution in [0.4, 0.5) is 0 Å². The third-order valence-electron chi connectivity index (χ3n) is 4.61. The average Bonchev–Trinajstić information content (AvgIpc) is 2.50. The van der Waals surface area contributed by atoms with Crippen LogP contribution >= 0.6 is 0 Å². The first kappa shape index (κ1) is 14.1. The number of aromatic nitrogens is 1. The summed E-state index contributed by atoms with van der Waals surface area (Å²) in [7, 11) is 0. The molecule has 0 saturated carbocycles. The molecule has 0 radical (unpaired) electrons. The van der Waals surface area contributed by atoms with E-state index < -0.39 is 0 Å². The molecular weight excluding hydrogens is 260 g/mol. The molecule has 0 spiro atoms. The second kappa shape index (κ2) is 5.49. The summed E-state index contributed by atoms with van der Waals surface area (Å²) >= 11 is 0. The van der Waals surface area contributed by atoms with Crippen LogP contribution in [-0.4, -0.2) is 4.57 Å². The second-order valence-corrected chi connectivity index (χ2v) is 5.91. The van der Waals surface area contributed by atoms with Crippen molar-refractivity contribution < 1.29 is 0 Å². The number of hydrogen-bond acceptors (Lipinski definition) is 2. The zero-order valence-electron chi connectivity index (χ0n) is 12.8. The summed E-state index contributed by atoms with van der Waals surface area (Å²) in [6.07, 6.45) is 4.37. The molecule has 0 fully saturated rings. The van der Waals surface area contributed by atoms with Crippen LogP contribution in [0.2, 0.25) is 0 Å². The Labute approximate surface area is 125 Å². The summed E-state index contributed by atoms with van der Waals surface area (Å²) < 4.78 is 1.92. The molecule has 0 unspecified atom stereocenters. The monoisotopic (exact) mass is 282 g/mol. The number of hydrogen-bond donors (Lipinski definition) is 1. The van der Waals surface area contributed by atoms with Gasteiger partial charge in [-0.3, -0.25) is 9.36 Å². The first-order valence-electron chi connectivity index (χ1n) is 7.67. The van der Waals surface area contributed by atoms with Crippen LogP contribution in [0.3, 0.4) is 0 Å². The van der Waals surface area contributed by atoms with Gasteiger partial charge in [0.15, 0.2) is 0 Å². The number of nitrogens with zero attached hydrogens (tertiary/aromatic N) is 1. The molecule has 1 aromatic heterocycles. The van der Waals surface area contributed by atoms with Gasteiger partial charge in [-0.05, 0) is 68.4 Å². The Kier molecular flexibility index (Phi) is 3.68. The lowest BCUT2D eigenvalue weighted by Gasteiger charge is -2.23. The van der Waals surface area contributed by atoms with Crippen molar-refractivity contribution in [3.8, 4) is 5.69 Å². The van der Waals surface area contributed by atoms with Gasteiger partial charge in [0.25, 0.3) is 5.56 Å². The van der Waals surface area contributed by atoms with Crippen LogP contribution < -0.4 is 11.3 Å². The van der Waals surface area contributed by atoms with Crippen LogP contribution in [0.25, 0.3) is 5.69 Å². The summed E-state index contributed by atoms with van der Waals surface area (Å²) in [5.74, 6) is 0. The number of nitrogens with two attached hydrogens (primary N) is 1. The fourth-order valence-corrected chi connectivity index (χ4v) is 3.24. The molecule has 2 N–H and O–H groups in total. The van der Waals surface area contributed by atoms with Crippen molar-refractivity contribution in [1.82, 2.24) is 4.57 Å². The van der Waals surface area contributed by atoms with E-state index in [2.05, 4.69) is 19.9 Å². The molecule has 3 heteroatoms. The summed E-state index contributed by atoms with van der Waals surface area (Å²) in [6.45, 7) is 4.47. The molecule has 3 rings (SSSR count). The maximum Gasteiger partial charge on any atom is 0.259 e. The molecule has 1 aliphatic carbocycles. The van der Waals surface area contributed by atoms with Gasteiger partial charge in [-0.25, -0.2) is 0 Å². The molecule has 1 heterocycles. The number of aryl methyl sites for hydroxylation is 2.